The molecule has 0 saturated heterocycles. The van der Waals surface area contributed by atoms with Crippen molar-refractivity contribution < 1.29 is 23.6 Å². The number of benzene rings is 3. The van der Waals surface area contributed by atoms with E-state index in [-0.39, 0.29) is 29.5 Å². The Labute approximate surface area is 208 Å². The molecule has 0 bridgehead atoms. The van der Waals surface area contributed by atoms with Crippen molar-refractivity contribution in [2.45, 2.75) is 13.5 Å². The third-order valence-electron chi connectivity index (χ3n) is 4.76. The molecule has 1 amide bonds. The van der Waals surface area contributed by atoms with Gasteiger partial charge in [0.05, 0.1) is 16.7 Å². The first-order valence-electron chi connectivity index (χ1n) is 10.2. The molecule has 0 spiro atoms. The Hall–Kier alpha value is -3.86. The molecule has 1 N–H and O–H groups in total. The van der Waals surface area contributed by atoms with E-state index < -0.39 is 10.8 Å². The number of nitrogens with one attached hydrogen (secondary N) is 1. The first-order chi connectivity index (χ1) is 16.4. The van der Waals surface area contributed by atoms with Crippen molar-refractivity contribution in [3.8, 4) is 17.2 Å². The number of ether oxygens (including phenoxy) is 2. The van der Waals surface area contributed by atoms with E-state index in [9.17, 15) is 14.9 Å². The van der Waals surface area contributed by atoms with Crippen LogP contribution in [0.2, 0.25) is 0 Å². The fraction of sp³-hybridized carbons (Fsp3) is 0.0800. The van der Waals surface area contributed by atoms with Gasteiger partial charge in [-0.25, -0.2) is 0 Å². The minimum atomic E-state index is -0.553. The summed E-state index contributed by atoms with van der Waals surface area (Å²) < 4.78 is 18.2. The average molecular weight is 570 g/mol. The van der Waals surface area contributed by atoms with Crippen LogP contribution in [0.3, 0.4) is 0 Å². The van der Waals surface area contributed by atoms with E-state index in [2.05, 4.69) is 27.9 Å². The number of nitro groups is 1. The van der Waals surface area contributed by atoms with Gasteiger partial charge in [0.25, 0.3) is 11.6 Å². The highest BCUT2D eigenvalue weighted by atomic mass is 127. The van der Waals surface area contributed by atoms with Crippen LogP contribution in [-0.4, -0.2) is 10.8 Å². The molecule has 0 radical (unpaired) electrons. The van der Waals surface area contributed by atoms with Crippen LogP contribution in [0.4, 0.5) is 11.4 Å². The molecule has 0 fully saturated rings. The summed E-state index contributed by atoms with van der Waals surface area (Å²) >= 11 is 2.21. The van der Waals surface area contributed by atoms with Gasteiger partial charge in [0.2, 0.25) is 0 Å². The predicted molar refractivity (Wildman–Crippen MR) is 135 cm³/mol. The van der Waals surface area contributed by atoms with E-state index in [1.165, 1.54) is 24.3 Å². The molecule has 3 aromatic carbocycles. The van der Waals surface area contributed by atoms with Crippen molar-refractivity contribution >= 4 is 39.9 Å². The van der Waals surface area contributed by atoms with E-state index >= 15 is 0 Å². The maximum absolute atomic E-state index is 12.7. The molecule has 8 nitrogen and oxygen atoms in total. The number of nitro benzene ring substituents is 1. The Morgan fingerprint density at radius 3 is 2.53 bits per heavy atom. The number of hydrogen-bond acceptors (Lipinski definition) is 6. The Balaban J connectivity index is 1.46. The Kier molecular flexibility index (Phi) is 7.12. The van der Waals surface area contributed by atoms with Gasteiger partial charge < -0.3 is 19.2 Å². The minimum absolute atomic E-state index is 0.0501. The number of nitrogens with zero attached hydrogens (tertiary/aromatic N) is 1. The van der Waals surface area contributed by atoms with Gasteiger partial charge in [-0.05, 0) is 77.5 Å². The predicted octanol–water partition coefficient (Wildman–Crippen LogP) is 6.72. The van der Waals surface area contributed by atoms with Gasteiger partial charge in [0, 0.05) is 15.7 Å². The molecule has 1 heterocycles. The topological polar surface area (TPSA) is 104 Å². The number of anilines is 1. The number of rotatable bonds is 8. The summed E-state index contributed by atoms with van der Waals surface area (Å²) in [6.07, 6.45) is 0. The number of hydrogen-bond donors (Lipinski definition) is 1. The lowest BCUT2D eigenvalue weighted by molar-refractivity contribution is -0.384. The highest BCUT2D eigenvalue weighted by Crippen LogP contribution is 2.31. The zero-order valence-corrected chi connectivity index (χ0v) is 20.1. The highest BCUT2D eigenvalue weighted by Gasteiger charge is 2.16. The summed E-state index contributed by atoms with van der Waals surface area (Å²) in [6.45, 7) is 2.02. The summed E-state index contributed by atoms with van der Waals surface area (Å²) in [5, 5.41) is 14.0. The molecule has 4 aromatic rings. The molecule has 0 aliphatic rings. The SMILES string of the molecule is Cc1ccccc1Oc1cc(NC(=O)c2ccc(COc3ccc(I)cc3)o2)cc([N+](=O)[O-])c1. The van der Waals surface area contributed by atoms with Gasteiger partial charge >= 0.3 is 0 Å². The van der Waals surface area contributed by atoms with Gasteiger partial charge in [0.1, 0.15) is 29.6 Å². The fourth-order valence-electron chi connectivity index (χ4n) is 3.07. The fourth-order valence-corrected chi connectivity index (χ4v) is 3.43. The quantitative estimate of drug-likeness (QED) is 0.143. The number of amides is 1. The van der Waals surface area contributed by atoms with Gasteiger partial charge in [-0.3, -0.25) is 14.9 Å². The highest BCUT2D eigenvalue weighted by molar-refractivity contribution is 14.1. The van der Waals surface area contributed by atoms with Crippen LogP contribution >= 0.6 is 22.6 Å². The zero-order valence-electron chi connectivity index (χ0n) is 18.0. The number of aryl methyl sites for hydroxylation is 1. The maximum Gasteiger partial charge on any atom is 0.291 e. The van der Waals surface area contributed by atoms with Gasteiger partial charge in [-0.2, -0.15) is 0 Å². The number of carbonyl (C=O) groups is 1. The van der Waals surface area contributed by atoms with Crippen molar-refractivity contribution in [2.24, 2.45) is 0 Å². The first-order valence-corrected chi connectivity index (χ1v) is 11.3. The van der Waals surface area contributed by atoms with Crippen LogP contribution in [0.15, 0.2) is 83.3 Å². The Bertz CT molecular complexity index is 1330. The third kappa shape index (κ3) is 5.93. The number of para-hydroxylation sites is 1. The third-order valence-corrected chi connectivity index (χ3v) is 5.48. The van der Waals surface area contributed by atoms with E-state index in [0.29, 0.717) is 17.3 Å². The van der Waals surface area contributed by atoms with E-state index in [1.807, 2.05) is 43.3 Å². The average Bonchev–Trinajstić information content (AvgIpc) is 3.29. The van der Waals surface area contributed by atoms with Crippen molar-refractivity contribution in [3.05, 3.63) is 110 Å². The van der Waals surface area contributed by atoms with Crippen molar-refractivity contribution in [1.82, 2.24) is 0 Å². The van der Waals surface area contributed by atoms with Crippen LogP contribution in [0.5, 0.6) is 17.2 Å². The lowest BCUT2D eigenvalue weighted by Crippen LogP contribution is -2.11. The van der Waals surface area contributed by atoms with Crippen LogP contribution < -0.4 is 14.8 Å². The number of non-ortho nitro benzene ring substituents is 1. The van der Waals surface area contributed by atoms with Gasteiger partial charge in [-0.1, -0.05) is 18.2 Å². The largest absolute Gasteiger partial charge is 0.486 e. The molecule has 34 heavy (non-hydrogen) atoms. The molecular formula is C25H19IN2O6. The second-order valence-corrected chi connectivity index (χ2v) is 8.55. The second kappa shape index (κ2) is 10.4. The molecule has 1 aromatic heterocycles. The van der Waals surface area contributed by atoms with Gasteiger partial charge in [-0.15, -0.1) is 0 Å². The minimum Gasteiger partial charge on any atom is -0.486 e. The molecule has 0 aliphatic heterocycles. The van der Waals surface area contributed by atoms with Crippen LogP contribution in [0.1, 0.15) is 21.9 Å². The molecule has 172 valence electrons. The first kappa shape index (κ1) is 23.3. The monoisotopic (exact) mass is 570 g/mol. The van der Waals surface area contributed by atoms with Crippen molar-refractivity contribution in [2.75, 3.05) is 5.32 Å². The maximum atomic E-state index is 12.7. The van der Waals surface area contributed by atoms with Crippen LogP contribution in [0.25, 0.3) is 0 Å². The summed E-state index contributed by atoms with van der Waals surface area (Å²) in [4.78, 5) is 23.5. The summed E-state index contributed by atoms with van der Waals surface area (Å²) in [5.74, 6) is 1.43. The van der Waals surface area contributed by atoms with Crippen molar-refractivity contribution in [3.63, 3.8) is 0 Å². The van der Waals surface area contributed by atoms with E-state index in [4.69, 9.17) is 13.9 Å². The smallest absolute Gasteiger partial charge is 0.291 e. The molecule has 0 atom stereocenters. The standard InChI is InChI=1S/C25H19IN2O6/c1-16-4-2-3-5-23(16)34-22-13-18(12-19(14-22)28(30)31)27-25(29)24-11-10-21(33-24)15-32-20-8-6-17(26)7-9-20/h2-14H,15H2,1H3,(H,27,29). The normalized spacial score (nSPS) is 10.5. The molecule has 9 heteroatoms. The number of carbonyl (C=O) groups excluding carboxylic acids is 1. The Morgan fingerprint density at radius 1 is 1.03 bits per heavy atom. The molecular weight excluding hydrogens is 551 g/mol. The van der Waals surface area contributed by atoms with E-state index in [0.717, 1.165) is 9.13 Å². The zero-order chi connectivity index (χ0) is 24.1. The lowest BCUT2D eigenvalue weighted by Gasteiger charge is -2.10. The summed E-state index contributed by atoms with van der Waals surface area (Å²) in [5.41, 5.74) is 0.860. The Morgan fingerprint density at radius 2 is 1.79 bits per heavy atom. The second-order valence-electron chi connectivity index (χ2n) is 7.30. The van der Waals surface area contributed by atoms with E-state index in [1.54, 1.807) is 18.2 Å². The summed E-state index contributed by atoms with van der Waals surface area (Å²) in [6, 6.07) is 22.1. The number of halogens is 1. The molecule has 0 saturated carbocycles. The molecule has 4 rings (SSSR count). The van der Waals surface area contributed by atoms with Crippen molar-refractivity contribution in [1.29, 1.82) is 0 Å². The number of furan rings is 1. The molecule has 0 aliphatic carbocycles. The molecule has 0 unspecified atom stereocenters. The lowest BCUT2D eigenvalue weighted by atomic mass is 10.2. The van der Waals surface area contributed by atoms with Gasteiger partial charge in [0.15, 0.2) is 5.76 Å². The summed E-state index contributed by atoms with van der Waals surface area (Å²) in [7, 11) is 0. The van der Waals surface area contributed by atoms with Crippen LogP contribution in [-0.2, 0) is 6.61 Å². The van der Waals surface area contributed by atoms with Crippen LogP contribution in [0, 0.1) is 20.6 Å².